The first-order chi connectivity index (χ1) is 16.2. The van der Waals surface area contributed by atoms with Gasteiger partial charge in [-0.05, 0) is 55.8 Å². The molecule has 2 heterocycles. The average Bonchev–Trinajstić information content (AvgIpc) is 3.24. The lowest BCUT2D eigenvalue weighted by atomic mass is 10.1. The molecule has 0 aliphatic heterocycles. The number of aromatic nitrogens is 2. The molecule has 0 aliphatic rings. The summed E-state index contributed by atoms with van der Waals surface area (Å²) in [5.74, 6) is 0.124. The SMILES string of the molecule is CCC(=O)OC(C)(C)COc1ccc(-n2cnc3cc(-c4ccc(Cl)cc4)sc3c2=O)cc1Cl. The lowest BCUT2D eigenvalue weighted by Crippen LogP contribution is -2.34. The third kappa shape index (κ3) is 5.27. The Morgan fingerprint density at radius 3 is 2.53 bits per heavy atom. The second-order valence-corrected chi connectivity index (χ2v) is 10.1. The van der Waals surface area contributed by atoms with Crippen molar-refractivity contribution in [3.63, 3.8) is 0 Å². The van der Waals surface area contributed by atoms with E-state index in [1.807, 2.05) is 30.3 Å². The molecule has 0 fully saturated rings. The van der Waals surface area contributed by atoms with Gasteiger partial charge in [0.15, 0.2) is 0 Å². The normalized spacial score (nSPS) is 11.6. The van der Waals surface area contributed by atoms with Crippen molar-refractivity contribution in [1.82, 2.24) is 9.55 Å². The van der Waals surface area contributed by atoms with Gasteiger partial charge >= 0.3 is 5.97 Å². The Kier molecular flexibility index (Phi) is 6.98. The molecular formula is C25H22Cl2N2O4S. The van der Waals surface area contributed by atoms with E-state index in [-0.39, 0.29) is 24.6 Å². The highest BCUT2D eigenvalue weighted by molar-refractivity contribution is 7.22. The fraction of sp³-hybridized carbons (Fsp3) is 0.240. The summed E-state index contributed by atoms with van der Waals surface area (Å²) < 4.78 is 13.1. The predicted molar refractivity (Wildman–Crippen MR) is 137 cm³/mol. The van der Waals surface area contributed by atoms with Gasteiger partial charge in [-0.1, -0.05) is 42.3 Å². The van der Waals surface area contributed by atoms with Gasteiger partial charge in [0, 0.05) is 16.3 Å². The van der Waals surface area contributed by atoms with Crippen molar-refractivity contribution in [3.05, 3.63) is 75.3 Å². The number of ether oxygens (including phenoxy) is 2. The Balaban J connectivity index is 1.59. The minimum atomic E-state index is -0.804. The van der Waals surface area contributed by atoms with E-state index in [1.165, 1.54) is 22.2 Å². The number of carbonyl (C=O) groups is 1. The summed E-state index contributed by atoms with van der Waals surface area (Å²) in [5, 5.41) is 0.982. The molecule has 0 saturated carbocycles. The number of nitrogens with zero attached hydrogens (tertiary/aromatic N) is 2. The highest BCUT2D eigenvalue weighted by Crippen LogP contribution is 2.32. The third-order valence-corrected chi connectivity index (χ3v) is 6.72. The van der Waals surface area contributed by atoms with Crippen LogP contribution < -0.4 is 10.3 Å². The molecular weight excluding hydrogens is 495 g/mol. The summed E-state index contributed by atoms with van der Waals surface area (Å²) in [7, 11) is 0. The number of hydrogen-bond acceptors (Lipinski definition) is 6. The summed E-state index contributed by atoms with van der Waals surface area (Å²) >= 11 is 13.8. The predicted octanol–water partition coefficient (Wildman–Crippen LogP) is 6.53. The van der Waals surface area contributed by atoms with Crippen LogP contribution in [0.25, 0.3) is 26.3 Å². The smallest absolute Gasteiger partial charge is 0.306 e. The van der Waals surface area contributed by atoms with E-state index >= 15 is 0 Å². The van der Waals surface area contributed by atoms with Crippen molar-refractivity contribution in [1.29, 1.82) is 0 Å². The van der Waals surface area contributed by atoms with Gasteiger partial charge in [0.1, 0.15) is 29.0 Å². The second kappa shape index (κ2) is 9.78. The van der Waals surface area contributed by atoms with Crippen LogP contribution in [-0.2, 0) is 9.53 Å². The van der Waals surface area contributed by atoms with Gasteiger partial charge in [-0.3, -0.25) is 14.2 Å². The van der Waals surface area contributed by atoms with Crippen LogP contribution in [-0.4, -0.2) is 27.7 Å². The maximum atomic E-state index is 13.2. The molecule has 2 aromatic carbocycles. The van der Waals surface area contributed by atoms with Gasteiger partial charge in [-0.2, -0.15) is 0 Å². The summed E-state index contributed by atoms with van der Waals surface area (Å²) in [6.45, 7) is 5.40. The van der Waals surface area contributed by atoms with Crippen LogP contribution in [0.1, 0.15) is 27.2 Å². The number of thiophene rings is 1. The first-order valence-corrected chi connectivity index (χ1v) is 12.2. The number of rotatable bonds is 7. The molecule has 0 spiro atoms. The first-order valence-electron chi connectivity index (χ1n) is 10.6. The zero-order valence-corrected chi connectivity index (χ0v) is 21.1. The molecule has 34 heavy (non-hydrogen) atoms. The maximum absolute atomic E-state index is 13.2. The summed E-state index contributed by atoms with van der Waals surface area (Å²) in [5.41, 5.74) is 1.17. The monoisotopic (exact) mass is 516 g/mol. The molecule has 0 amide bonds. The minimum Gasteiger partial charge on any atom is -0.488 e. The Labute approximate surface area is 210 Å². The zero-order valence-electron chi connectivity index (χ0n) is 18.8. The fourth-order valence-electron chi connectivity index (χ4n) is 3.27. The first kappa shape index (κ1) is 24.3. The van der Waals surface area contributed by atoms with Gasteiger partial charge in [-0.25, -0.2) is 4.98 Å². The topological polar surface area (TPSA) is 70.4 Å². The van der Waals surface area contributed by atoms with Crippen LogP contribution in [0, 0.1) is 0 Å². The van der Waals surface area contributed by atoms with Gasteiger partial charge in [-0.15, -0.1) is 11.3 Å². The molecule has 2 aromatic heterocycles. The number of halogens is 2. The minimum absolute atomic E-state index is 0.133. The Hall–Kier alpha value is -2.87. The molecule has 0 N–H and O–H groups in total. The van der Waals surface area contributed by atoms with Crippen molar-refractivity contribution in [3.8, 4) is 21.9 Å². The number of fused-ring (bicyclic) bond motifs is 1. The lowest BCUT2D eigenvalue weighted by molar-refractivity contribution is -0.158. The molecule has 9 heteroatoms. The van der Waals surface area contributed by atoms with E-state index in [0.29, 0.717) is 31.7 Å². The number of hydrogen-bond donors (Lipinski definition) is 0. The molecule has 0 radical (unpaired) electrons. The molecule has 176 valence electrons. The van der Waals surface area contributed by atoms with Crippen molar-refractivity contribution in [2.75, 3.05) is 6.61 Å². The highest BCUT2D eigenvalue weighted by Gasteiger charge is 2.24. The van der Waals surface area contributed by atoms with Gasteiger partial charge in [0.2, 0.25) is 0 Å². The molecule has 4 rings (SSSR count). The van der Waals surface area contributed by atoms with Gasteiger partial charge < -0.3 is 9.47 Å². The molecule has 0 aliphatic carbocycles. The van der Waals surface area contributed by atoms with Gasteiger partial charge in [0.25, 0.3) is 5.56 Å². The van der Waals surface area contributed by atoms with Gasteiger partial charge in [0.05, 0.1) is 16.2 Å². The summed E-state index contributed by atoms with van der Waals surface area (Å²) in [4.78, 5) is 30.2. The molecule has 0 atom stereocenters. The third-order valence-electron chi connectivity index (χ3n) is 5.01. The maximum Gasteiger partial charge on any atom is 0.306 e. The van der Waals surface area contributed by atoms with E-state index < -0.39 is 5.60 Å². The molecule has 0 unspecified atom stereocenters. The molecule has 6 nitrogen and oxygen atoms in total. The van der Waals surface area contributed by atoms with E-state index in [4.69, 9.17) is 32.7 Å². The van der Waals surface area contributed by atoms with Crippen LogP contribution in [0.5, 0.6) is 5.75 Å². The van der Waals surface area contributed by atoms with E-state index in [9.17, 15) is 9.59 Å². The van der Waals surface area contributed by atoms with Crippen molar-refractivity contribution < 1.29 is 14.3 Å². The molecule has 4 aromatic rings. The Bertz CT molecular complexity index is 1410. The number of esters is 1. The van der Waals surface area contributed by atoms with Crippen LogP contribution >= 0.6 is 34.5 Å². The largest absolute Gasteiger partial charge is 0.488 e. The van der Waals surface area contributed by atoms with Crippen LogP contribution in [0.3, 0.4) is 0 Å². The average molecular weight is 517 g/mol. The Morgan fingerprint density at radius 1 is 1.12 bits per heavy atom. The van der Waals surface area contributed by atoms with Crippen LogP contribution in [0.4, 0.5) is 0 Å². The van der Waals surface area contributed by atoms with Crippen molar-refractivity contribution >= 4 is 50.7 Å². The van der Waals surface area contributed by atoms with Crippen molar-refractivity contribution in [2.24, 2.45) is 0 Å². The number of carbonyl (C=O) groups excluding carboxylic acids is 1. The highest BCUT2D eigenvalue weighted by atomic mass is 35.5. The summed E-state index contributed by atoms with van der Waals surface area (Å²) in [6.07, 6.45) is 1.78. The van der Waals surface area contributed by atoms with E-state index in [2.05, 4.69) is 4.98 Å². The van der Waals surface area contributed by atoms with Crippen LogP contribution in [0.15, 0.2) is 59.7 Å². The lowest BCUT2D eigenvalue weighted by Gasteiger charge is -2.25. The fourth-order valence-corrected chi connectivity index (χ4v) is 4.67. The van der Waals surface area contributed by atoms with Crippen LogP contribution in [0.2, 0.25) is 10.0 Å². The van der Waals surface area contributed by atoms with E-state index in [1.54, 1.807) is 39.0 Å². The second-order valence-electron chi connectivity index (χ2n) is 8.24. The number of benzene rings is 2. The molecule has 0 saturated heterocycles. The van der Waals surface area contributed by atoms with Crippen molar-refractivity contribution in [2.45, 2.75) is 32.8 Å². The molecule has 0 bridgehead atoms. The van der Waals surface area contributed by atoms with E-state index in [0.717, 1.165) is 10.4 Å². The Morgan fingerprint density at radius 2 is 1.85 bits per heavy atom. The summed E-state index contributed by atoms with van der Waals surface area (Å²) in [6, 6.07) is 14.4. The standard InChI is InChI=1S/C25H22Cl2N2O4S/c1-4-22(30)33-25(2,3)13-32-20-10-9-17(11-18(20)27)29-14-28-19-12-21(34-23(19)24(29)31)15-5-7-16(26)8-6-15/h5-12,14H,4,13H2,1-3H3. The quantitative estimate of drug-likeness (QED) is 0.261. The zero-order chi connectivity index (χ0) is 24.5.